The summed E-state index contributed by atoms with van der Waals surface area (Å²) < 4.78 is 0. The van der Waals surface area contributed by atoms with Crippen molar-refractivity contribution >= 4 is 6.03 Å². The highest BCUT2D eigenvalue weighted by Gasteiger charge is 2.43. The molecule has 0 aromatic heterocycles. The van der Waals surface area contributed by atoms with Crippen molar-refractivity contribution in [2.45, 2.75) is 67.7 Å². The van der Waals surface area contributed by atoms with E-state index in [4.69, 9.17) is 0 Å². The van der Waals surface area contributed by atoms with Gasteiger partial charge in [0.15, 0.2) is 0 Å². The van der Waals surface area contributed by atoms with E-state index in [1.807, 2.05) is 4.90 Å². The smallest absolute Gasteiger partial charge is 0.317 e. The first-order chi connectivity index (χ1) is 12.6. The molecule has 0 bridgehead atoms. The lowest BCUT2D eigenvalue weighted by Gasteiger charge is -2.48. The van der Waals surface area contributed by atoms with E-state index in [1.165, 1.54) is 18.4 Å². The van der Waals surface area contributed by atoms with Crippen LogP contribution in [0.25, 0.3) is 0 Å². The van der Waals surface area contributed by atoms with Gasteiger partial charge in [0.2, 0.25) is 0 Å². The molecule has 1 heterocycles. The topological polar surface area (TPSA) is 32.3 Å². The van der Waals surface area contributed by atoms with Gasteiger partial charge >= 0.3 is 6.03 Å². The van der Waals surface area contributed by atoms with Gasteiger partial charge in [-0.2, -0.15) is 0 Å². The second-order valence-corrected chi connectivity index (χ2v) is 10.1. The number of nitrogens with one attached hydrogen (secondary N) is 1. The van der Waals surface area contributed by atoms with Crippen molar-refractivity contribution < 1.29 is 4.79 Å². The Labute approximate surface area is 167 Å². The van der Waals surface area contributed by atoms with Crippen molar-refractivity contribution in [2.24, 2.45) is 35.0 Å². The highest BCUT2D eigenvalue weighted by Crippen LogP contribution is 2.50. The maximum atomic E-state index is 11.8. The molecule has 27 heavy (non-hydrogen) atoms. The van der Waals surface area contributed by atoms with Gasteiger partial charge in [0.25, 0.3) is 0 Å². The van der Waals surface area contributed by atoms with E-state index in [-0.39, 0.29) is 11.4 Å². The Morgan fingerprint density at radius 3 is 2.59 bits per heavy atom. The number of amides is 2. The normalized spacial score (nSPS) is 28.6. The molecule has 0 saturated carbocycles. The van der Waals surface area contributed by atoms with Crippen LogP contribution >= 0.6 is 0 Å². The molecule has 1 aliphatic carbocycles. The zero-order chi connectivity index (χ0) is 20.2. The van der Waals surface area contributed by atoms with Gasteiger partial charge in [0.05, 0.1) is 0 Å². The Morgan fingerprint density at radius 1 is 1.33 bits per heavy atom. The number of hydrogen-bond acceptors (Lipinski definition) is 1. The van der Waals surface area contributed by atoms with Crippen molar-refractivity contribution in [3.63, 3.8) is 0 Å². The van der Waals surface area contributed by atoms with Crippen LogP contribution in [0.4, 0.5) is 4.79 Å². The first-order valence-corrected chi connectivity index (χ1v) is 11.0. The highest BCUT2D eigenvalue weighted by molar-refractivity contribution is 5.76. The Morgan fingerprint density at radius 2 is 2.04 bits per heavy atom. The van der Waals surface area contributed by atoms with Crippen molar-refractivity contribution in [2.75, 3.05) is 19.6 Å². The van der Waals surface area contributed by atoms with E-state index in [2.05, 4.69) is 72.0 Å². The van der Waals surface area contributed by atoms with Crippen LogP contribution in [0, 0.1) is 35.0 Å². The summed E-state index contributed by atoms with van der Waals surface area (Å²) in [6.45, 7) is 19.1. The summed E-state index contributed by atoms with van der Waals surface area (Å²) in [7, 11) is 0. The van der Waals surface area contributed by atoms with E-state index in [0.717, 1.165) is 26.1 Å². The quantitative estimate of drug-likeness (QED) is 0.528. The minimum atomic E-state index is 0.114. The lowest BCUT2D eigenvalue weighted by atomic mass is 9.56. The van der Waals surface area contributed by atoms with Crippen LogP contribution in [-0.4, -0.2) is 30.6 Å². The van der Waals surface area contributed by atoms with Crippen LogP contribution in [0.5, 0.6) is 0 Å². The van der Waals surface area contributed by atoms with Crippen LogP contribution in [0.15, 0.2) is 23.8 Å². The van der Waals surface area contributed by atoms with Gasteiger partial charge in [0.1, 0.15) is 0 Å². The van der Waals surface area contributed by atoms with Crippen molar-refractivity contribution in [3.05, 3.63) is 23.8 Å². The predicted octanol–water partition coefficient (Wildman–Crippen LogP) is 5.88. The number of hydrogen-bond donors (Lipinski definition) is 1. The molecule has 4 atom stereocenters. The number of allylic oxidation sites excluding steroid dienone is 4. The molecule has 3 heteroatoms. The molecule has 1 aliphatic heterocycles. The fourth-order valence-corrected chi connectivity index (χ4v) is 5.50. The maximum absolute atomic E-state index is 11.8. The number of rotatable bonds is 8. The SMILES string of the molecule is CC(C)=CCC1C(C(C)C)C=CC(C)C1C(C)(C)CCCN1CCNC1=O. The monoisotopic (exact) mass is 374 g/mol. The summed E-state index contributed by atoms with van der Waals surface area (Å²) in [5, 5.41) is 2.91. The summed E-state index contributed by atoms with van der Waals surface area (Å²) in [5.74, 6) is 3.32. The third-order valence-corrected chi connectivity index (χ3v) is 6.82. The molecule has 4 unspecified atom stereocenters. The molecule has 0 aromatic rings. The minimum Gasteiger partial charge on any atom is -0.336 e. The summed E-state index contributed by atoms with van der Waals surface area (Å²) in [6.07, 6.45) is 10.9. The summed E-state index contributed by atoms with van der Waals surface area (Å²) in [5.41, 5.74) is 1.70. The maximum Gasteiger partial charge on any atom is 0.317 e. The van der Waals surface area contributed by atoms with E-state index in [0.29, 0.717) is 29.6 Å². The molecule has 0 spiro atoms. The van der Waals surface area contributed by atoms with Crippen LogP contribution in [-0.2, 0) is 0 Å². The third-order valence-electron chi connectivity index (χ3n) is 6.82. The lowest BCUT2D eigenvalue weighted by molar-refractivity contribution is 0.0450. The second kappa shape index (κ2) is 9.30. The molecule has 2 amide bonds. The molecule has 0 radical (unpaired) electrons. The number of urea groups is 1. The van der Waals surface area contributed by atoms with Gasteiger partial charge in [0, 0.05) is 19.6 Å². The van der Waals surface area contributed by atoms with Gasteiger partial charge in [-0.05, 0) is 68.1 Å². The van der Waals surface area contributed by atoms with E-state index in [9.17, 15) is 4.79 Å². The van der Waals surface area contributed by atoms with Crippen molar-refractivity contribution in [3.8, 4) is 0 Å². The lowest BCUT2D eigenvalue weighted by Crippen LogP contribution is -2.42. The zero-order valence-electron chi connectivity index (χ0n) is 18.7. The molecule has 2 aliphatic rings. The first-order valence-electron chi connectivity index (χ1n) is 11.0. The van der Waals surface area contributed by atoms with Gasteiger partial charge in [-0.1, -0.05) is 58.4 Å². The first kappa shape index (κ1) is 22.0. The van der Waals surface area contributed by atoms with E-state index >= 15 is 0 Å². The third kappa shape index (κ3) is 5.62. The summed E-state index contributed by atoms with van der Waals surface area (Å²) in [6, 6.07) is 0.114. The van der Waals surface area contributed by atoms with Crippen LogP contribution in [0.3, 0.4) is 0 Å². The zero-order valence-corrected chi connectivity index (χ0v) is 18.7. The van der Waals surface area contributed by atoms with Gasteiger partial charge < -0.3 is 10.2 Å². The standard InChI is InChI=1S/C24H42N2O/c1-17(2)9-11-21-20(18(3)4)12-10-19(5)22(21)24(6,7)13-8-15-26-16-14-25-23(26)27/h9-10,12,18-22H,8,11,13-16H2,1-7H3,(H,25,27). The predicted molar refractivity (Wildman–Crippen MR) is 116 cm³/mol. The Bertz CT molecular complexity index is 557. The Kier molecular flexibility index (Phi) is 7.59. The summed E-state index contributed by atoms with van der Waals surface area (Å²) in [4.78, 5) is 13.8. The van der Waals surface area contributed by atoms with Crippen LogP contribution in [0.1, 0.15) is 67.7 Å². The molecule has 0 aromatic carbocycles. The van der Waals surface area contributed by atoms with Gasteiger partial charge in [-0.25, -0.2) is 4.79 Å². The molecular weight excluding hydrogens is 332 g/mol. The van der Waals surface area contributed by atoms with Crippen molar-refractivity contribution in [1.29, 1.82) is 0 Å². The fourth-order valence-electron chi connectivity index (χ4n) is 5.50. The molecule has 2 rings (SSSR count). The average Bonchev–Trinajstić information content (AvgIpc) is 2.97. The molecular formula is C24H42N2O. The summed E-state index contributed by atoms with van der Waals surface area (Å²) >= 11 is 0. The second-order valence-electron chi connectivity index (χ2n) is 10.1. The van der Waals surface area contributed by atoms with Gasteiger partial charge in [-0.15, -0.1) is 0 Å². The molecule has 3 nitrogen and oxygen atoms in total. The van der Waals surface area contributed by atoms with E-state index < -0.39 is 0 Å². The van der Waals surface area contributed by atoms with Crippen molar-refractivity contribution in [1.82, 2.24) is 10.2 Å². The largest absolute Gasteiger partial charge is 0.336 e. The molecule has 1 saturated heterocycles. The molecule has 154 valence electrons. The highest BCUT2D eigenvalue weighted by atomic mass is 16.2. The fraction of sp³-hybridized carbons (Fsp3) is 0.792. The Hall–Kier alpha value is -1.25. The Balaban J connectivity index is 2.12. The van der Waals surface area contributed by atoms with E-state index in [1.54, 1.807) is 0 Å². The minimum absolute atomic E-state index is 0.114. The van der Waals surface area contributed by atoms with Gasteiger partial charge in [-0.3, -0.25) is 0 Å². The number of carbonyl (C=O) groups excluding carboxylic acids is 1. The van der Waals surface area contributed by atoms with Crippen LogP contribution in [0.2, 0.25) is 0 Å². The number of carbonyl (C=O) groups is 1. The average molecular weight is 375 g/mol. The molecule has 1 fully saturated rings. The van der Waals surface area contributed by atoms with Crippen LogP contribution < -0.4 is 5.32 Å². The number of nitrogens with zero attached hydrogens (tertiary/aromatic N) is 1. The molecule has 1 N–H and O–H groups in total.